The van der Waals surface area contributed by atoms with Crippen molar-refractivity contribution in [3.05, 3.63) is 29.3 Å². The van der Waals surface area contributed by atoms with Crippen molar-refractivity contribution < 1.29 is 29.5 Å². The molecule has 29 heavy (non-hydrogen) atoms. The molecule has 5 unspecified atom stereocenters. The first-order valence-electron chi connectivity index (χ1n) is 10.4. The van der Waals surface area contributed by atoms with Gasteiger partial charge in [0.25, 0.3) is 0 Å². The third kappa shape index (κ3) is 6.93. The largest absolute Gasteiger partial charge is 0.462 e. The van der Waals surface area contributed by atoms with Crippen molar-refractivity contribution in [3.63, 3.8) is 0 Å². The van der Waals surface area contributed by atoms with E-state index in [4.69, 9.17) is 14.2 Å². The molecule has 0 bridgehead atoms. The van der Waals surface area contributed by atoms with Crippen LogP contribution in [0.3, 0.4) is 0 Å². The molecule has 1 aromatic carbocycles. The average Bonchev–Trinajstić information content (AvgIpc) is 2.60. The zero-order valence-corrected chi connectivity index (χ0v) is 18.8. The van der Waals surface area contributed by atoms with Crippen LogP contribution in [0, 0.1) is 5.41 Å². The molecular formula is C23H38O6. The van der Waals surface area contributed by atoms with Crippen molar-refractivity contribution in [3.8, 4) is 5.75 Å². The highest BCUT2D eigenvalue weighted by Gasteiger charge is 2.44. The summed E-state index contributed by atoms with van der Waals surface area (Å²) in [5.41, 5.74) is 1.82. The van der Waals surface area contributed by atoms with Crippen LogP contribution in [0.5, 0.6) is 5.75 Å². The molecule has 1 aliphatic rings. The Hall–Kier alpha value is -1.18. The van der Waals surface area contributed by atoms with Crippen molar-refractivity contribution in [2.45, 2.75) is 104 Å². The summed E-state index contributed by atoms with van der Waals surface area (Å²) in [4.78, 5) is 0. The van der Waals surface area contributed by atoms with E-state index in [-0.39, 0.29) is 11.0 Å². The minimum Gasteiger partial charge on any atom is -0.462 e. The molecule has 1 aliphatic heterocycles. The van der Waals surface area contributed by atoms with Crippen molar-refractivity contribution in [1.82, 2.24) is 0 Å². The van der Waals surface area contributed by atoms with Crippen molar-refractivity contribution in [1.29, 1.82) is 0 Å². The summed E-state index contributed by atoms with van der Waals surface area (Å²) in [5.74, 6) is 0.599. The molecule has 0 spiro atoms. The summed E-state index contributed by atoms with van der Waals surface area (Å²) >= 11 is 0. The Labute approximate surface area is 174 Å². The Morgan fingerprint density at radius 2 is 1.62 bits per heavy atom. The second-order valence-electron chi connectivity index (χ2n) is 10.1. The number of benzene rings is 1. The summed E-state index contributed by atoms with van der Waals surface area (Å²) in [6, 6.07) is 5.85. The van der Waals surface area contributed by atoms with Gasteiger partial charge in [0.2, 0.25) is 6.29 Å². The van der Waals surface area contributed by atoms with E-state index in [1.807, 2.05) is 39.8 Å². The van der Waals surface area contributed by atoms with Crippen LogP contribution in [-0.4, -0.2) is 51.6 Å². The number of hydrogen-bond donors (Lipinski definition) is 3. The average molecular weight is 411 g/mol. The summed E-state index contributed by atoms with van der Waals surface area (Å²) in [7, 11) is 0. The van der Waals surface area contributed by atoms with Gasteiger partial charge in [-0.05, 0) is 62.3 Å². The van der Waals surface area contributed by atoms with Crippen LogP contribution >= 0.6 is 0 Å². The van der Waals surface area contributed by atoms with Gasteiger partial charge >= 0.3 is 0 Å². The summed E-state index contributed by atoms with van der Waals surface area (Å²) < 4.78 is 17.6. The van der Waals surface area contributed by atoms with Gasteiger partial charge in [0.15, 0.2) is 0 Å². The Morgan fingerprint density at radius 3 is 2.17 bits per heavy atom. The van der Waals surface area contributed by atoms with E-state index in [1.165, 1.54) is 0 Å². The van der Waals surface area contributed by atoms with Crippen LogP contribution in [0.2, 0.25) is 0 Å². The number of ether oxygens (including phenoxy) is 3. The standard InChI is InChI=1S/C23H38O6/c1-8-16-18(24)19(25)20(26)21(28-16)29-17-10-9-14(13-27-23(5,6)7)11-15(17)12-22(2,3)4/h9-11,16,18-21,24-26H,8,12-13H2,1-7H3. The fraction of sp³-hybridized carbons (Fsp3) is 0.739. The molecule has 1 saturated heterocycles. The Morgan fingerprint density at radius 1 is 0.966 bits per heavy atom. The van der Waals surface area contributed by atoms with E-state index in [1.54, 1.807) is 0 Å². The first kappa shape index (κ1) is 24.1. The van der Waals surface area contributed by atoms with Crippen LogP contribution in [0.4, 0.5) is 0 Å². The van der Waals surface area contributed by atoms with Gasteiger partial charge < -0.3 is 29.5 Å². The van der Waals surface area contributed by atoms with Crippen LogP contribution in [0.15, 0.2) is 18.2 Å². The quantitative estimate of drug-likeness (QED) is 0.668. The molecule has 6 heteroatoms. The van der Waals surface area contributed by atoms with E-state index >= 15 is 0 Å². The molecule has 0 amide bonds. The lowest BCUT2D eigenvalue weighted by Gasteiger charge is -2.40. The summed E-state index contributed by atoms with van der Waals surface area (Å²) in [6.07, 6.45) is -4.17. The van der Waals surface area contributed by atoms with Gasteiger partial charge in [-0.2, -0.15) is 0 Å². The first-order valence-corrected chi connectivity index (χ1v) is 10.4. The zero-order valence-electron chi connectivity index (χ0n) is 18.8. The molecule has 2 rings (SSSR count). The Bertz CT molecular complexity index is 658. The van der Waals surface area contributed by atoms with Crippen LogP contribution in [0.25, 0.3) is 0 Å². The van der Waals surface area contributed by atoms with E-state index < -0.39 is 30.7 Å². The predicted octanol–water partition coefficient (Wildman–Crippen LogP) is 3.19. The lowest BCUT2D eigenvalue weighted by molar-refractivity contribution is -0.272. The second-order valence-corrected chi connectivity index (χ2v) is 10.1. The molecule has 1 heterocycles. The van der Waals surface area contributed by atoms with Gasteiger partial charge in [0.1, 0.15) is 24.1 Å². The summed E-state index contributed by atoms with van der Waals surface area (Å²) in [6.45, 7) is 14.8. The van der Waals surface area contributed by atoms with Gasteiger partial charge in [-0.25, -0.2) is 0 Å². The maximum atomic E-state index is 10.4. The SMILES string of the molecule is CCC1OC(Oc2ccc(COC(C)(C)C)cc2CC(C)(C)C)C(O)C(O)C1O. The van der Waals surface area contributed by atoms with Crippen molar-refractivity contribution in [2.75, 3.05) is 0 Å². The molecule has 3 N–H and O–H groups in total. The second kappa shape index (κ2) is 9.31. The highest BCUT2D eigenvalue weighted by molar-refractivity contribution is 5.38. The van der Waals surface area contributed by atoms with Crippen LogP contribution < -0.4 is 4.74 Å². The molecule has 0 aliphatic carbocycles. The molecule has 1 fully saturated rings. The third-order valence-electron chi connectivity index (χ3n) is 4.83. The Balaban J connectivity index is 2.25. The van der Waals surface area contributed by atoms with Crippen molar-refractivity contribution in [2.24, 2.45) is 5.41 Å². The lowest BCUT2D eigenvalue weighted by Crippen LogP contribution is -2.59. The number of aliphatic hydroxyl groups is 3. The molecule has 1 aromatic rings. The third-order valence-corrected chi connectivity index (χ3v) is 4.83. The number of rotatable bonds is 6. The van der Waals surface area contributed by atoms with E-state index in [2.05, 4.69) is 26.8 Å². The number of hydrogen-bond acceptors (Lipinski definition) is 6. The molecule has 5 atom stereocenters. The molecule has 0 aromatic heterocycles. The van der Waals surface area contributed by atoms with E-state index in [0.717, 1.165) is 17.5 Å². The van der Waals surface area contributed by atoms with Gasteiger partial charge in [-0.3, -0.25) is 0 Å². The minimum atomic E-state index is -1.33. The van der Waals surface area contributed by atoms with Crippen molar-refractivity contribution >= 4 is 0 Å². The Kier molecular flexibility index (Phi) is 7.74. The topological polar surface area (TPSA) is 88.4 Å². The van der Waals surface area contributed by atoms with Gasteiger partial charge in [-0.15, -0.1) is 0 Å². The molecule has 0 radical (unpaired) electrons. The predicted molar refractivity (Wildman–Crippen MR) is 112 cm³/mol. The zero-order chi connectivity index (χ0) is 22.0. The van der Waals surface area contributed by atoms with Gasteiger partial charge in [-0.1, -0.05) is 33.8 Å². The van der Waals surface area contributed by atoms with Crippen LogP contribution in [-0.2, 0) is 22.5 Å². The lowest BCUT2D eigenvalue weighted by atomic mass is 9.87. The summed E-state index contributed by atoms with van der Waals surface area (Å²) in [5, 5.41) is 30.6. The van der Waals surface area contributed by atoms with Gasteiger partial charge in [0.05, 0.1) is 18.3 Å². The fourth-order valence-electron chi connectivity index (χ4n) is 3.32. The monoisotopic (exact) mass is 410 g/mol. The molecule has 6 nitrogen and oxygen atoms in total. The van der Waals surface area contributed by atoms with Gasteiger partial charge in [0, 0.05) is 0 Å². The highest BCUT2D eigenvalue weighted by Crippen LogP contribution is 2.32. The molecule has 166 valence electrons. The van der Waals surface area contributed by atoms with E-state index in [0.29, 0.717) is 18.8 Å². The fourth-order valence-corrected chi connectivity index (χ4v) is 3.32. The number of aliphatic hydroxyl groups excluding tert-OH is 3. The van der Waals surface area contributed by atoms with E-state index in [9.17, 15) is 15.3 Å². The molecular weight excluding hydrogens is 372 g/mol. The minimum absolute atomic E-state index is 0.0231. The smallest absolute Gasteiger partial charge is 0.229 e. The maximum Gasteiger partial charge on any atom is 0.229 e. The normalized spacial score (nSPS) is 28.4. The van der Waals surface area contributed by atoms with Crippen LogP contribution in [0.1, 0.15) is 66.0 Å². The highest BCUT2D eigenvalue weighted by atomic mass is 16.7. The molecule has 0 saturated carbocycles. The maximum absolute atomic E-state index is 10.4. The first-order chi connectivity index (χ1) is 13.3.